The van der Waals surface area contributed by atoms with Crippen LogP contribution in [-0.2, 0) is 9.53 Å². The van der Waals surface area contributed by atoms with Gasteiger partial charge in [0.05, 0.1) is 6.04 Å². The van der Waals surface area contributed by atoms with Crippen LogP contribution in [0.4, 0.5) is 0 Å². The Labute approximate surface area is 113 Å². The molecule has 100 valence electrons. The number of nitrogens with zero attached hydrogens (tertiary/aromatic N) is 1. The van der Waals surface area contributed by atoms with Crippen LogP contribution in [0.5, 0.6) is 0 Å². The molecule has 0 unspecified atom stereocenters. The molecule has 0 bridgehead atoms. The number of esters is 1. The van der Waals surface area contributed by atoms with Crippen molar-refractivity contribution in [1.29, 1.82) is 0 Å². The van der Waals surface area contributed by atoms with Crippen LogP contribution >= 0.6 is 0 Å². The second kappa shape index (κ2) is 4.34. The molecule has 0 spiro atoms. The van der Waals surface area contributed by atoms with E-state index in [4.69, 9.17) is 4.74 Å². The second-order valence-electron chi connectivity index (χ2n) is 6.01. The predicted octanol–water partition coefficient (Wildman–Crippen LogP) is 2.53. The summed E-state index contributed by atoms with van der Waals surface area (Å²) < 4.78 is 5.44. The molecule has 3 aliphatic rings. The molecule has 0 N–H and O–H groups in total. The minimum Gasteiger partial charge on any atom is -0.462 e. The number of cyclic esters (lactones) is 1. The first-order chi connectivity index (χ1) is 9.34. The zero-order valence-corrected chi connectivity index (χ0v) is 11.0. The third-order valence-electron chi connectivity index (χ3n) is 5.09. The number of benzene rings is 1. The largest absolute Gasteiger partial charge is 0.462 e. The van der Waals surface area contributed by atoms with Crippen LogP contribution in [0.15, 0.2) is 30.3 Å². The van der Waals surface area contributed by atoms with Gasteiger partial charge in [-0.15, -0.1) is 0 Å². The number of fused-ring (bicyclic) bond motifs is 3. The summed E-state index contributed by atoms with van der Waals surface area (Å²) in [7, 11) is 0. The Morgan fingerprint density at radius 1 is 1.11 bits per heavy atom. The maximum atomic E-state index is 12.0. The molecule has 0 aromatic heterocycles. The van der Waals surface area contributed by atoms with Gasteiger partial charge in [-0.2, -0.15) is 0 Å². The van der Waals surface area contributed by atoms with Crippen LogP contribution in [0.25, 0.3) is 0 Å². The molecule has 2 saturated heterocycles. The predicted molar refractivity (Wildman–Crippen MR) is 71.5 cm³/mol. The number of morpholine rings is 1. The second-order valence-corrected chi connectivity index (χ2v) is 6.01. The van der Waals surface area contributed by atoms with E-state index in [9.17, 15) is 4.79 Å². The first-order valence-electron chi connectivity index (χ1n) is 7.33. The number of carbonyl (C=O) groups is 1. The number of carbonyl (C=O) groups excluding carboxylic acids is 1. The van der Waals surface area contributed by atoms with Gasteiger partial charge in [0.25, 0.3) is 0 Å². The molecule has 1 aromatic rings. The lowest BCUT2D eigenvalue weighted by molar-refractivity contribution is -0.162. The molecule has 2 heterocycles. The zero-order chi connectivity index (χ0) is 12.8. The van der Waals surface area contributed by atoms with Crippen LogP contribution in [0.3, 0.4) is 0 Å². The zero-order valence-electron chi connectivity index (χ0n) is 11.0. The highest BCUT2D eigenvalue weighted by molar-refractivity contribution is 5.77. The van der Waals surface area contributed by atoms with Crippen molar-refractivity contribution < 1.29 is 9.53 Å². The summed E-state index contributed by atoms with van der Waals surface area (Å²) in [5, 5.41) is 0. The first-order valence-corrected chi connectivity index (χ1v) is 7.33. The van der Waals surface area contributed by atoms with Gasteiger partial charge in [-0.05, 0) is 30.7 Å². The Balaban J connectivity index is 1.70. The summed E-state index contributed by atoms with van der Waals surface area (Å²) >= 11 is 0. The SMILES string of the molecule is O=C1OC[C@@H](c2ccccc2)N2[C@@H]1C[C@H]1CCC[C@H]12. The van der Waals surface area contributed by atoms with Gasteiger partial charge in [0.1, 0.15) is 12.6 Å². The van der Waals surface area contributed by atoms with E-state index in [-0.39, 0.29) is 18.1 Å². The number of hydrogen-bond donors (Lipinski definition) is 0. The van der Waals surface area contributed by atoms with E-state index in [1.807, 2.05) is 6.07 Å². The normalized spacial score (nSPS) is 37.8. The van der Waals surface area contributed by atoms with Gasteiger partial charge in [-0.25, -0.2) is 0 Å². The number of rotatable bonds is 1. The Kier molecular flexibility index (Phi) is 2.62. The summed E-state index contributed by atoms with van der Waals surface area (Å²) in [5.41, 5.74) is 1.28. The summed E-state index contributed by atoms with van der Waals surface area (Å²) in [6.07, 6.45) is 4.85. The maximum absolute atomic E-state index is 12.0. The first kappa shape index (κ1) is 11.5. The van der Waals surface area contributed by atoms with Crippen LogP contribution in [0, 0.1) is 5.92 Å². The average molecular weight is 257 g/mol. The van der Waals surface area contributed by atoms with Crippen molar-refractivity contribution in [3.63, 3.8) is 0 Å². The van der Waals surface area contributed by atoms with Crippen molar-refractivity contribution in [1.82, 2.24) is 4.90 Å². The number of ether oxygens (including phenoxy) is 1. The fourth-order valence-electron chi connectivity index (χ4n) is 4.28. The number of hydrogen-bond acceptors (Lipinski definition) is 3. The van der Waals surface area contributed by atoms with Crippen molar-refractivity contribution in [3.05, 3.63) is 35.9 Å². The maximum Gasteiger partial charge on any atom is 0.323 e. The Morgan fingerprint density at radius 3 is 2.79 bits per heavy atom. The molecule has 19 heavy (non-hydrogen) atoms. The summed E-state index contributed by atoms with van der Waals surface area (Å²) in [5.74, 6) is 0.712. The monoisotopic (exact) mass is 257 g/mol. The van der Waals surface area contributed by atoms with Crippen LogP contribution in [0.2, 0.25) is 0 Å². The molecule has 1 aromatic carbocycles. The van der Waals surface area contributed by atoms with Gasteiger partial charge in [-0.3, -0.25) is 9.69 Å². The summed E-state index contributed by atoms with van der Waals surface area (Å²) in [4.78, 5) is 14.5. The van der Waals surface area contributed by atoms with E-state index in [0.717, 1.165) is 6.42 Å². The molecular formula is C16H19NO2. The van der Waals surface area contributed by atoms with E-state index in [1.165, 1.54) is 24.8 Å². The fourth-order valence-corrected chi connectivity index (χ4v) is 4.28. The Hall–Kier alpha value is -1.35. The third-order valence-corrected chi connectivity index (χ3v) is 5.09. The van der Waals surface area contributed by atoms with Crippen molar-refractivity contribution in [3.8, 4) is 0 Å². The molecule has 1 aliphatic carbocycles. The molecule has 3 heteroatoms. The highest BCUT2D eigenvalue weighted by atomic mass is 16.5. The highest BCUT2D eigenvalue weighted by Gasteiger charge is 2.52. The summed E-state index contributed by atoms with van der Waals surface area (Å²) in [6, 6.07) is 11.4. The van der Waals surface area contributed by atoms with Gasteiger partial charge in [0.2, 0.25) is 0 Å². The molecule has 0 radical (unpaired) electrons. The topological polar surface area (TPSA) is 29.5 Å². The van der Waals surface area contributed by atoms with E-state index < -0.39 is 0 Å². The van der Waals surface area contributed by atoms with Gasteiger partial charge in [0, 0.05) is 6.04 Å². The molecule has 0 amide bonds. The quantitative estimate of drug-likeness (QED) is 0.724. The van der Waals surface area contributed by atoms with Crippen LogP contribution in [0.1, 0.15) is 37.3 Å². The van der Waals surface area contributed by atoms with Crippen molar-refractivity contribution in [2.45, 2.75) is 43.8 Å². The minimum atomic E-state index is 0.00146. The Morgan fingerprint density at radius 2 is 1.95 bits per heavy atom. The summed E-state index contributed by atoms with van der Waals surface area (Å²) in [6.45, 7) is 0.516. The van der Waals surface area contributed by atoms with E-state index in [0.29, 0.717) is 18.6 Å². The molecule has 4 rings (SSSR count). The van der Waals surface area contributed by atoms with Gasteiger partial charge >= 0.3 is 5.97 Å². The molecule has 3 fully saturated rings. The lowest BCUT2D eigenvalue weighted by atomic mass is 10.0. The lowest BCUT2D eigenvalue weighted by Crippen LogP contribution is -2.49. The third kappa shape index (κ3) is 1.71. The molecule has 1 saturated carbocycles. The van der Waals surface area contributed by atoms with Gasteiger partial charge in [-0.1, -0.05) is 36.8 Å². The van der Waals surface area contributed by atoms with Gasteiger partial charge in [0.15, 0.2) is 0 Å². The highest BCUT2D eigenvalue weighted by Crippen LogP contribution is 2.47. The Bertz CT molecular complexity index is 487. The minimum absolute atomic E-state index is 0.00146. The fraction of sp³-hybridized carbons (Fsp3) is 0.562. The molecule has 4 atom stereocenters. The van der Waals surface area contributed by atoms with Crippen LogP contribution < -0.4 is 0 Å². The van der Waals surface area contributed by atoms with Crippen molar-refractivity contribution >= 4 is 5.97 Å². The van der Waals surface area contributed by atoms with Crippen molar-refractivity contribution in [2.24, 2.45) is 5.92 Å². The molecular weight excluding hydrogens is 238 g/mol. The van der Waals surface area contributed by atoms with E-state index in [2.05, 4.69) is 29.2 Å². The van der Waals surface area contributed by atoms with Crippen LogP contribution in [-0.4, -0.2) is 29.6 Å². The lowest BCUT2D eigenvalue weighted by Gasteiger charge is -2.39. The van der Waals surface area contributed by atoms with E-state index >= 15 is 0 Å². The molecule has 2 aliphatic heterocycles. The van der Waals surface area contributed by atoms with Crippen molar-refractivity contribution in [2.75, 3.05) is 6.61 Å². The van der Waals surface area contributed by atoms with E-state index in [1.54, 1.807) is 0 Å². The molecule has 3 nitrogen and oxygen atoms in total. The smallest absolute Gasteiger partial charge is 0.323 e. The standard InChI is InChI=1S/C16H19NO2/c18-16-14-9-12-7-4-8-13(12)17(14)15(10-19-16)11-5-2-1-3-6-11/h1-3,5-6,12-15H,4,7-10H2/t12-,13-,14-,15+/m1/s1. The average Bonchev–Trinajstić information content (AvgIpc) is 3.02. The van der Waals surface area contributed by atoms with Gasteiger partial charge < -0.3 is 4.74 Å².